The van der Waals surface area contributed by atoms with E-state index in [2.05, 4.69) is 19.9 Å². The molecular formula is C12H16O2. The highest BCUT2D eigenvalue weighted by Crippen LogP contribution is 2.45. The number of benzene rings is 1. The van der Waals surface area contributed by atoms with Crippen LogP contribution in [0, 0.1) is 5.41 Å². The van der Waals surface area contributed by atoms with Gasteiger partial charge in [-0.15, -0.1) is 0 Å². The standard InChI is InChI=1S/C12H16O2/c1-12(2)8-14-11(12)9-5-4-6-10(7-9)13-3/h4-7,11H,8H2,1-3H3. The molecule has 0 saturated carbocycles. The Morgan fingerprint density at radius 1 is 1.43 bits per heavy atom. The summed E-state index contributed by atoms with van der Waals surface area (Å²) in [4.78, 5) is 0. The molecule has 1 saturated heterocycles. The van der Waals surface area contributed by atoms with Crippen molar-refractivity contribution in [2.75, 3.05) is 13.7 Å². The van der Waals surface area contributed by atoms with Crippen LogP contribution in [0.25, 0.3) is 0 Å². The third kappa shape index (κ3) is 1.50. The molecule has 0 bridgehead atoms. The molecule has 1 aromatic rings. The Kier molecular flexibility index (Phi) is 2.23. The molecule has 1 aliphatic heterocycles. The average Bonchev–Trinajstić information content (AvgIpc) is 2.17. The van der Waals surface area contributed by atoms with Crippen LogP contribution in [0.3, 0.4) is 0 Å². The first-order valence-corrected chi connectivity index (χ1v) is 4.89. The van der Waals surface area contributed by atoms with Gasteiger partial charge in [0.2, 0.25) is 0 Å². The van der Waals surface area contributed by atoms with Gasteiger partial charge in [-0.2, -0.15) is 0 Å². The Morgan fingerprint density at radius 2 is 2.21 bits per heavy atom. The summed E-state index contributed by atoms with van der Waals surface area (Å²) >= 11 is 0. The molecule has 1 heterocycles. The molecule has 2 heteroatoms. The van der Waals surface area contributed by atoms with Gasteiger partial charge in [0.05, 0.1) is 19.8 Å². The summed E-state index contributed by atoms with van der Waals surface area (Å²) in [5, 5.41) is 0. The Labute approximate surface area is 84.8 Å². The van der Waals surface area contributed by atoms with Crippen LogP contribution in [0.1, 0.15) is 25.5 Å². The van der Waals surface area contributed by atoms with E-state index in [0.717, 1.165) is 12.4 Å². The quantitative estimate of drug-likeness (QED) is 0.717. The lowest BCUT2D eigenvalue weighted by Crippen LogP contribution is -2.40. The highest BCUT2D eigenvalue weighted by Gasteiger charge is 2.41. The number of methoxy groups -OCH3 is 1. The molecule has 1 atom stereocenters. The predicted octanol–water partition coefficient (Wildman–Crippen LogP) is 2.79. The van der Waals surface area contributed by atoms with Crippen molar-refractivity contribution in [2.24, 2.45) is 5.41 Å². The molecule has 0 aromatic heterocycles. The second-order valence-electron chi connectivity index (χ2n) is 4.46. The van der Waals surface area contributed by atoms with Gasteiger partial charge in [-0.05, 0) is 17.7 Å². The maximum atomic E-state index is 5.58. The summed E-state index contributed by atoms with van der Waals surface area (Å²) in [7, 11) is 1.69. The molecule has 76 valence electrons. The Balaban J connectivity index is 2.24. The van der Waals surface area contributed by atoms with Crippen molar-refractivity contribution in [1.29, 1.82) is 0 Å². The van der Waals surface area contributed by atoms with E-state index in [1.165, 1.54) is 5.56 Å². The van der Waals surface area contributed by atoms with Crippen molar-refractivity contribution < 1.29 is 9.47 Å². The van der Waals surface area contributed by atoms with E-state index in [1.54, 1.807) is 7.11 Å². The molecule has 0 aliphatic carbocycles. The monoisotopic (exact) mass is 192 g/mol. The van der Waals surface area contributed by atoms with Gasteiger partial charge in [-0.25, -0.2) is 0 Å². The molecule has 0 spiro atoms. The van der Waals surface area contributed by atoms with E-state index in [0.29, 0.717) is 0 Å². The van der Waals surface area contributed by atoms with Crippen molar-refractivity contribution in [3.8, 4) is 5.75 Å². The van der Waals surface area contributed by atoms with Gasteiger partial charge >= 0.3 is 0 Å². The molecule has 0 radical (unpaired) electrons. The van der Waals surface area contributed by atoms with Crippen LogP contribution >= 0.6 is 0 Å². The van der Waals surface area contributed by atoms with Gasteiger partial charge in [0, 0.05) is 5.41 Å². The van der Waals surface area contributed by atoms with E-state index in [-0.39, 0.29) is 11.5 Å². The molecule has 2 rings (SSSR count). The van der Waals surface area contributed by atoms with E-state index in [1.807, 2.05) is 18.2 Å². The third-order valence-electron chi connectivity index (χ3n) is 2.73. The molecule has 0 N–H and O–H groups in total. The zero-order valence-corrected chi connectivity index (χ0v) is 8.91. The van der Waals surface area contributed by atoms with Gasteiger partial charge in [-0.3, -0.25) is 0 Å². The van der Waals surface area contributed by atoms with Crippen LogP contribution in [-0.2, 0) is 4.74 Å². The summed E-state index contributed by atoms with van der Waals surface area (Å²) in [6.45, 7) is 5.29. The van der Waals surface area contributed by atoms with Crippen molar-refractivity contribution >= 4 is 0 Å². The van der Waals surface area contributed by atoms with Crippen LogP contribution < -0.4 is 4.74 Å². The summed E-state index contributed by atoms with van der Waals surface area (Å²) in [6.07, 6.45) is 0.220. The van der Waals surface area contributed by atoms with Crippen LogP contribution in [0.15, 0.2) is 24.3 Å². The van der Waals surface area contributed by atoms with E-state index in [9.17, 15) is 0 Å². The summed E-state index contributed by atoms with van der Waals surface area (Å²) in [6, 6.07) is 8.10. The van der Waals surface area contributed by atoms with E-state index in [4.69, 9.17) is 9.47 Å². The van der Waals surface area contributed by atoms with Crippen LogP contribution in [0.4, 0.5) is 0 Å². The second-order valence-corrected chi connectivity index (χ2v) is 4.46. The molecule has 1 fully saturated rings. The maximum absolute atomic E-state index is 5.58. The SMILES string of the molecule is COc1cccc(C2OCC2(C)C)c1. The lowest BCUT2D eigenvalue weighted by Gasteiger charge is -2.44. The van der Waals surface area contributed by atoms with Gasteiger partial charge in [0.15, 0.2) is 0 Å². The zero-order chi connectivity index (χ0) is 10.2. The van der Waals surface area contributed by atoms with Crippen molar-refractivity contribution in [1.82, 2.24) is 0 Å². The van der Waals surface area contributed by atoms with Gasteiger partial charge in [0.25, 0.3) is 0 Å². The first-order chi connectivity index (χ1) is 6.63. The molecule has 1 aliphatic rings. The fourth-order valence-electron chi connectivity index (χ4n) is 1.85. The average molecular weight is 192 g/mol. The summed E-state index contributed by atoms with van der Waals surface area (Å²) in [5.41, 5.74) is 1.47. The molecule has 14 heavy (non-hydrogen) atoms. The van der Waals surface area contributed by atoms with Crippen molar-refractivity contribution in [3.05, 3.63) is 29.8 Å². The largest absolute Gasteiger partial charge is 0.497 e. The van der Waals surface area contributed by atoms with E-state index < -0.39 is 0 Å². The predicted molar refractivity (Wildman–Crippen MR) is 55.5 cm³/mol. The highest BCUT2D eigenvalue weighted by atomic mass is 16.5. The fourth-order valence-corrected chi connectivity index (χ4v) is 1.85. The van der Waals surface area contributed by atoms with Crippen molar-refractivity contribution in [3.63, 3.8) is 0 Å². The van der Waals surface area contributed by atoms with E-state index >= 15 is 0 Å². The molecular weight excluding hydrogens is 176 g/mol. The first kappa shape index (κ1) is 9.53. The van der Waals surface area contributed by atoms with Crippen LogP contribution in [-0.4, -0.2) is 13.7 Å². The lowest BCUT2D eigenvalue weighted by atomic mass is 9.79. The molecule has 1 aromatic carbocycles. The molecule has 2 nitrogen and oxygen atoms in total. The number of ether oxygens (including phenoxy) is 2. The number of rotatable bonds is 2. The van der Waals surface area contributed by atoms with Crippen LogP contribution in [0.5, 0.6) is 5.75 Å². The van der Waals surface area contributed by atoms with Crippen molar-refractivity contribution in [2.45, 2.75) is 20.0 Å². The maximum Gasteiger partial charge on any atom is 0.119 e. The smallest absolute Gasteiger partial charge is 0.119 e. The zero-order valence-electron chi connectivity index (χ0n) is 8.91. The number of hydrogen-bond acceptors (Lipinski definition) is 2. The summed E-state index contributed by atoms with van der Waals surface area (Å²) in [5.74, 6) is 0.897. The minimum Gasteiger partial charge on any atom is -0.497 e. The Hall–Kier alpha value is -1.02. The highest BCUT2D eigenvalue weighted by molar-refractivity contribution is 5.31. The number of hydrogen-bond donors (Lipinski definition) is 0. The van der Waals surface area contributed by atoms with Gasteiger partial charge in [-0.1, -0.05) is 26.0 Å². The second kappa shape index (κ2) is 3.28. The Bertz CT molecular complexity index is 331. The normalized spacial score (nSPS) is 24.1. The fraction of sp³-hybridized carbons (Fsp3) is 0.500. The molecule has 0 amide bonds. The third-order valence-corrected chi connectivity index (χ3v) is 2.73. The minimum atomic E-state index is 0.220. The van der Waals surface area contributed by atoms with Gasteiger partial charge in [0.1, 0.15) is 5.75 Å². The first-order valence-electron chi connectivity index (χ1n) is 4.89. The summed E-state index contributed by atoms with van der Waals surface area (Å²) < 4.78 is 10.8. The Morgan fingerprint density at radius 3 is 2.71 bits per heavy atom. The topological polar surface area (TPSA) is 18.5 Å². The van der Waals surface area contributed by atoms with Gasteiger partial charge < -0.3 is 9.47 Å². The molecule has 1 unspecified atom stereocenters. The van der Waals surface area contributed by atoms with Crippen LogP contribution in [0.2, 0.25) is 0 Å². The lowest BCUT2D eigenvalue weighted by molar-refractivity contribution is -0.172. The minimum absolute atomic E-state index is 0.220.